The topological polar surface area (TPSA) is 41.1 Å². The highest BCUT2D eigenvalue weighted by atomic mass is 79.9. The number of carbonyl (C=O) groups excluding carboxylic acids is 1. The Balaban J connectivity index is 2.82. The third-order valence-electron chi connectivity index (χ3n) is 2.57. The first kappa shape index (κ1) is 14.2. The standard InChI is InChI=1S/C13H19BrN2O/c1-9(2)16-8-12(13(17)15-3)10-4-6-11(14)7-5-10/h4-7,9,12,16H,8H2,1-3H3,(H,15,17). The number of hydrogen-bond donors (Lipinski definition) is 2. The number of amides is 1. The van der Waals surface area contributed by atoms with Gasteiger partial charge < -0.3 is 10.6 Å². The molecule has 0 fully saturated rings. The number of halogens is 1. The maximum atomic E-state index is 11.8. The predicted molar refractivity (Wildman–Crippen MR) is 74.1 cm³/mol. The zero-order valence-corrected chi connectivity index (χ0v) is 12.0. The highest BCUT2D eigenvalue weighted by molar-refractivity contribution is 9.10. The van der Waals surface area contributed by atoms with E-state index in [0.717, 1.165) is 10.0 Å². The molecular formula is C13H19BrN2O. The van der Waals surface area contributed by atoms with Crippen LogP contribution in [0, 0.1) is 0 Å². The maximum absolute atomic E-state index is 11.8. The van der Waals surface area contributed by atoms with E-state index in [1.165, 1.54) is 0 Å². The molecule has 0 aromatic heterocycles. The molecular weight excluding hydrogens is 280 g/mol. The van der Waals surface area contributed by atoms with E-state index in [-0.39, 0.29) is 11.8 Å². The summed E-state index contributed by atoms with van der Waals surface area (Å²) in [5.41, 5.74) is 1.03. The van der Waals surface area contributed by atoms with Gasteiger partial charge in [0.2, 0.25) is 5.91 Å². The van der Waals surface area contributed by atoms with Gasteiger partial charge in [-0.2, -0.15) is 0 Å². The molecule has 1 aromatic carbocycles. The van der Waals surface area contributed by atoms with Gasteiger partial charge >= 0.3 is 0 Å². The molecule has 94 valence electrons. The Bertz CT molecular complexity index is 362. The summed E-state index contributed by atoms with van der Waals surface area (Å²) in [6.45, 7) is 4.80. The van der Waals surface area contributed by atoms with E-state index >= 15 is 0 Å². The molecule has 4 heteroatoms. The summed E-state index contributed by atoms with van der Waals surface area (Å²) < 4.78 is 1.02. The Hall–Kier alpha value is -0.870. The number of rotatable bonds is 5. The number of carbonyl (C=O) groups is 1. The second-order valence-corrected chi connectivity index (χ2v) is 5.20. The van der Waals surface area contributed by atoms with Crippen LogP contribution in [0.5, 0.6) is 0 Å². The van der Waals surface area contributed by atoms with Gasteiger partial charge in [-0.05, 0) is 17.7 Å². The monoisotopic (exact) mass is 298 g/mol. The van der Waals surface area contributed by atoms with Crippen LogP contribution in [-0.2, 0) is 4.79 Å². The molecule has 0 aliphatic carbocycles. The summed E-state index contributed by atoms with van der Waals surface area (Å²) in [7, 11) is 1.67. The number of benzene rings is 1. The van der Waals surface area contributed by atoms with Crippen molar-refractivity contribution in [1.82, 2.24) is 10.6 Å². The summed E-state index contributed by atoms with van der Waals surface area (Å²) in [6, 6.07) is 8.25. The molecule has 1 rings (SSSR count). The van der Waals surface area contributed by atoms with Gasteiger partial charge in [0.05, 0.1) is 5.92 Å². The molecule has 3 nitrogen and oxygen atoms in total. The van der Waals surface area contributed by atoms with Gasteiger partial charge in [0.1, 0.15) is 0 Å². The van der Waals surface area contributed by atoms with E-state index in [4.69, 9.17) is 0 Å². The first-order valence-electron chi connectivity index (χ1n) is 5.75. The lowest BCUT2D eigenvalue weighted by Crippen LogP contribution is -2.36. The zero-order valence-electron chi connectivity index (χ0n) is 10.5. The predicted octanol–water partition coefficient (Wildman–Crippen LogP) is 2.28. The van der Waals surface area contributed by atoms with Crippen LogP contribution in [0.2, 0.25) is 0 Å². The fourth-order valence-electron chi connectivity index (χ4n) is 1.58. The molecule has 1 unspecified atom stereocenters. The smallest absolute Gasteiger partial charge is 0.228 e. The Morgan fingerprint density at radius 3 is 2.35 bits per heavy atom. The van der Waals surface area contributed by atoms with Crippen molar-refractivity contribution in [3.8, 4) is 0 Å². The van der Waals surface area contributed by atoms with Crippen LogP contribution in [0.25, 0.3) is 0 Å². The van der Waals surface area contributed by atoms with Crippen molar-refractivity contribution in [2.75, 3.05) is 13.6 Å². The van der Waals surface area contributed by atoms with Crippen molar-refractivity contribution in [2.24, 2.45) is 0 Å². The Kier molecular flexibility index (Phi) is 5.65. The molecule has 17 heavy (non-hydrogen) atoms. The second kappa shape index (κ2) is 6.77. The van der Waals surface area contributed by atoms with Gasteiger partial charge in [0, 0.05) is 24.1 Å². The Morgan fingerprint density at radius 2 is 1.88 bits per heavy atom. The fraction of sp³-hybridized carbons (Fsp3) is 0.462. The third-order valence-corrected chi connectivity index (χ3v) is 3.09. The summed E-state index contributed by atoms with van der Waals surface area (Å²) in [5, 5.41) is 6.01. The van der Waals surface area contributed by atoms with Crippen molar-refractivity contribution in [3.63, 3.8) is 0 Å². The van der Waals surface area contributed by atoms with Crippen molar-refractivity contribution < 1.29 is 4.79 Å². The van der Waals surface area contributed by atoms with Gasteiger partial charge in [-0.3, -0.25) is 4.79 Å². The summed E-state index contributed by atoms with van der Waals surface area (Å²) in [4.78, 5) is 11.8. The molecule has 1 amide bonds. The van der Waals surface area contributed by atoms with Crippen molar-refractivity contribution >= 4 is 21.8 Å². The van der Waals surface area contributed by atoms with Crippen molar-refractivity contribution in [3.05, 3.63) is 34.3 Å². The number of likely N-dealkylation sites (N-methyl/N-ethyl adjacent to an activating group) is 1. The Labute approximate surface area is 111 Å². The maximum Gasteiger partial charge on any atom is 0.228 e. The fourth-order valence-corrected chi connectivity index (χ4v) is 1.85. The molecule has 0 aliphatic rings. The average molecular weight is 299 g/mol. The lowest BCUT2D eigenvalue weighted by molar-refractivity contribution is -0.122. The van der Waals surface area contributed by atoms with Crippen molar-refractivity contribution in [2.45, 2.75) is 25.8 Å². The van der Waals surface area contributed by atoms with Gasteiger partial charge in [0.15, 0.2) is 0 Å². The van der Waals surface area contributed by atoms with Gasteiger partial charge in [0.25, 0.3) is 0 Å². The normalized spacial score (nSPS) is 12.5. The molecule has 0 saturated heterocycles. The molecule has 0 heterocycles. The second-order valence-electron chi connectivity index (χ2n) is 4.28. The van der Waals surface area contributed by atoms with E-state index < -0.39 is 0 Å². The van der Waals surface area contributed by atoms with Crippen LogP contribution in [0.1, 0.15) is 25.3 Å². The quantitative estimate of drug-likeness (QED) is 0.876. The van der Waals surface area contributed by atoms with E-state index in [2.05, 4.69) is 40.4 Å². The van der Waals surface area contributed by atoms with E-state index in [0.29, 0.717) is 12.6 Å². The van der Waals surface area contributed by atoms with E-state index in [1.807, 2.05) is 24.3 Å². The van der Waals surface area contributed by atoms with E-state index in [1.54, 1.807) is 7.05 Å². The largest absolute Gasteiger partial charge is 0.359 e. The summed E-state index contributed by atoms with van der Waals surface area (Å²) >= 11 is 3.39. The Morgan fingerprint density at radius 1 is 1.29 bits per heavy atom. The van der Waals surface area contributed by atoms with Crippen molar-refractivity contribution in [1.29, 1.82) is 0 Å². The average Bonchev–Trinajstić information content (AvgIpc) is 2.30. The van der Waals surface area contributed by atoms with Crippen LogP contribution in [-0.4, -0.2) is 25.5 Å². The molecule has 1 atom stereocenters. The molecule has 0 radical (unpaired) electrons. The summed E-state index contributed by atoms with van der Waals surface area (Å²) in [5.74, 6) is -0.101. The minimum absolute atomic E-state index is 0.0421. The number of hydrogen-bond acceptors (Lipinski definition) is 2. The zero-order chi connectivity index (χ0) is 12.8. The molecule has 0 aliphatic heterocycles. The minimum atomic E-state index is -0.143. The molecule has 0 spiro atoms. The highest BCUT2D eigenvalue weighted by Crippen LogP contribution is 2.18. The number of nitrogens with one attached hydrogen (secondary N) is 2. The highest BCUT2D eigenvalue weighted by Gasteiger charge is 2.19. The van der Waals surface area contributed by atoms with Gasteiger partial charge in [-0.25, -0.2) is 0 Å². The van der Waals surface area contributed by atoms with Gasteiger partial charge in [-0.15, -0.1) is 0 Å². The van der Waals surface area contributed by atoms with Crippen LogP contribution < -0.4 is 10.6 Å². The van der Waals surface area contributed by atoms with Crippen LogP contribution in [0.4, 0.5) is 0 Å². The SMILES string of the molecule is CNC(=O)C(CNC(C)C)c1ccc(Br)cc1. The van der Waals surface area contributed by atoms with E-state index in [9.17, 15) is 4.79 Å². The van der Waals surface area contributed by atoms with Crippen LogP contribution >= 0.6 is 15.9 Å². The first-order valence-corrected chi connectivity index (χ1v) is 6.54. The van der Waals surface area contributed by atoms with Crippen LogP contribution in [0.15, 0.2) is 28.7 Å². The molecule has 0 bridgehead atoms. The molecule has 1 aromatic rings. The lowest BCUT2D eigenvalue weighted by atomic mass is 9.98. The molecule has 2 N–H and O–H groups in total. The minimum Gasteiger partial charge on any atom is -0.359 e. The first-order chi connectivity index (χ1) is 8.04. The lowest BCUT2D eigenvalue weighted by Gasteiger charge is -2.18. The third kappa shape index (κ3) is 4.48. The van der Waals surface area contributed by atoms with Crippen LogP contribution in [0.3, 0.4) is 0 Å². The summed E-state index contributed by atoms with van der Waals surface area (Å²) in [6.07, 6.45) is 0. The molecule has 0 saturated carbocycles. The van der Waals surface area contributed by atoms with Gasteiger partial charge in [-0.1, -0.05) is 41.9 Å².